The van der Waals surface area contributed by atoms with Gasteiger partial charge in [-0.2, -0.15) is 0 Å². The summed E-state index contributed by atoms with van der Waals surface area (Å²) in [7, 11) is 1.32. The van der Waals surface area contributed by atoms with Gasteiger partial charge in [-0.1, -0.05) is 0 Å². The SMILES string of the molecule is CNC(=O)[C@H]1NC(CO)C(F)[C@H](O)C1=O. The van der Waals surface area contributed by atoms with E-state index in [4.69, 9.17) is 5.11 Å². The molecule has 4 atom stereocenters. The first-order valence-corrected chi connectivity index (χ1v) is 4.47. The quantitative estimate of drug-likeness (QED) is 0.380. The molecule has 0 spiro atoms. The molecule has 86 valence electrons. The highest BCUT2D eigenvalue weighted by Gasteiger charge is 2.45. The minimum absolute atomic E-state index is 0.598. The van der Waals surface area contributed by atoms with Crippen LogP contribution in [0.5, 0.6) is 0 Å². The molecule has 15 heavy (non-hydrogen) atoms. The molecule has 0 radical (unpaired) electrons. The van der Waals surface area contributed by atoms with Gasteiger partial charge in [0, 0.05) is 7.05 Å². The van der Waals surface area contributed by atoms with Crippen LogP contribution in [0, 0.1) is 0 Å². The van der Waals surface area contributed by atoms with Gasteiger partial charge in [0.2, 0.25) is 5.91 Å². The Balaban J connectivity index is 2.83. The van der Waals surface area contributed by atoms with E-state index in [-0.39, 0.29) is 0 Å². The van der Waals surface area contributed by atoms with Crippen LogP contribution < -0.4 is 10.6 Å². The first-order valence-electron chi connectivity index (χ1n) is 4.47. The Kier molecular flexibility index (Phi) is 3.72. The molecule has 6 nitrogen and oxygen atoms in total. The summed E-state index contributed by atoms with van der Waals surface area (Å²) in [6.45, 7) is -0.598. The summed E-state index contributed by atoms with van der Waals surface area (Å²) in [6.07, 6.45) is -3.77. The van der Waals surface area contributed by atoms with Gasteiger partial charge < -0.3 is 15.5 Å². The van der Waals surface area contributed by atoms with Crippen molar-refractivity contribution in [3.63, 3.8) is 0 Å². The molecule has 1 rings (SSSR count). The Bertz CT molecular complexity index is 273. The van der Waals surface area contributed by atoms with Gasteiger partial charge in [0.1, 0.15) is 12.1 Å². The van der Waals surface area contributed by atoms with E-state index in [2.05, 4.69) is 10.6 Å². The van der Waals surface area contributed by atoms with E-state index < -0.39 is 42.7 Å². The fourth-order valence-corrected chi connectivity index (χ4v) is 1.44. The second kappa shape index (κ2) is 4.65. The van der Waals surface area contributed by atoms with Crippen molar-refractivity contribution in [2.24, 2.45) is 0 Å². The van der Waals surface area contributed by atoms with Crippen LogP contribution >= 0.6 is 0 Å². The maximum Gasteiger partial charge on any atom is 0.244 e. The van der Waals surface area contributed by atoms with Crippen LogP contribution in [0.2, 0.25) is 0 Å². The lowest BCUT2D eigenvalue weighted by Gasteiger charge is -2.33. The number of aliphatic hydroxyl groups excluding tert-OH is 2. The zero-order chi connectivity index (χ0) is 11.6. The lowest BCUT2D eigenvalue weighted by molar-refractivity contribution is -0.144. The number of rotatable bonds is 2. The number of piperidine rings is 1. The highest BCUT2D eigenvalue weighted by atomic mass is 19.1. The van der Waals surface area contributed by atoms with E-state index >= 15 is 0 Å². The maximum absolute atomic E-state index is 13.2. The van der Waals surface area contributed by atoms with Crippen LogP contribution in [-0.4, -0.2) is 59.9 Å². The molecule has 0 aliphatic carbocycles. The van der Waals surface area contributed by atoms with E-state index in [1.165, 1.54) is 7.05 Å². The van der Waals surface area contributed by atoms with E-state index in [1.54, 1.807) is 0 Å². The molecule has 0 saturated carbocycles. The number of carbonyl (C=O) groups is 2. The van der Waals surface area contributed by atoms with Gasteiger partial charge in [-0.3, -0.25) is 14.9 Å². The number of carbonyl (C=O) groups excluding carboxylic acids is 2. The zero-order valence-corrected chi connectivity index (χ0v) is 8.11. The Labute approximate surface area is 85.5 Å². The number of hydrogen-bond acceptors (Lipinski definition) is 5. The topological polar surface area (TPSA) is 98.7 Å². The third kappa shape index (κ3) is 2.14. The number of aliphatic hydroxyl groups is 2. The van der Waals surface area contributed by atoms with E-state index in [9.17, 15) is 19.1 Å². The molecule has 7 heteroatoms. The molecule has 0 bridgehead atoms. The first-order chi connectivity index (χ1) is 7.02. The highest BCUT2D eigenvalue weighted by Crippen LogP contribution is 2.14. The number of amides is 1. The molecule has 0 aromatic heterocycles. The summed E-state index contributed by atoms with van der Waals surface area (Å²) < 4.78 is 13.2. The van der Waals surface area contributed by atoms with E-state index in [0.717, 1.165) is 0 Å². The number of hydrogen-bond donors (Lipinski definition) is 4. The van der Waals surface area contributed by atoms with Gasteiger partial charge >= 0.3 is 0 Å². The Morgan fingerprint density at radius 2 is 2.27 bits per heavy atom. The van der Waals surface area contributed by atoms with Crippen molar-refractivity contribution in [1.82, 2.24) is 10.6 Å². The number of nitrogens with one attached hydrogen (secondary N) is 2. The highest BCUT2D eigenvalue weighted by molar-refractivity contribution is 6.08. The van der Waals surface area contributed by atoms with Gasteiger partial charge in [-0.25, -0.2) is 4.39 Å². The Morgan fingerprint density at radius 1 is 1.67 bits per heavy atom. The van der Waals surface area contributed by atoms with Crippen molar-refractivity contribution in [3.05, 3.63) is 0 Å². The molecule has 1 heterocycles. The van der Waals surface area contributed by atoms with Crippen LogP contribution in [0.4, 0.5) is 4.39 Å². The van der Waals surface area contributed by atoms with Crippen LogP contribution in [0.15, 0.2) is 0 Å². The lowest BCUT2D eigenvalue weighted by Crippen LogP contribution is -2.66. The predicted molar refractivity (Wildman–Crippen MR) is 47.8 cm³/mol. The summed E-state index contributed by atoms with van der Waals surface area (Å²) in [4.78, 5) is 22.5. The molecule has 1 fully saturated rings. The molecule has 1 aliphatic rings. The second-order valence-electron chi connectivity index (χ2n) is 3.29. The smallest absolute Gasteiger partial charge is 0.244 e. The number of halogens is 1. The summed E-state index contributed by atoms with van der Waals surface area (Å²) in [5.74, 6) is -1.59. The van der Waals surface area contributed by atoms with Gasteiger partial charge in [-0.05, 0) is 0 Å². The number of alkyl halides is 1. The van der Waals surface area contributed by atoms with Gasteiger partial charge in [0.25, 0.3) is 0 Å². The number of ketones is 1. The fraction of sp³-hybridized carbons (Fsp3) is 0.750. The average molecular weight is 220 g/mol. The van der Waals surface area contributed by atoms with Crippen molar-refractivity contribution < 1.29 is 24.2 Å². The third-order valence-corrected chi connectivity index (χ3v) is 2.35. The summed E-state index contributed by atoms with van der Waals surface area (Å²) in [6, 6.07) is -2.42. The van der Waals surface area contributed by atoms with Gasteiger partial charge in [0.05, 0.1) is 12.6 Å². The summed E-state index contributed by atoms with van der Waals surface area (Å²) in [5.41, 5.74) is 0. The molecule has 1 amide bonds. The zero-order valence-electron chi connectivity index (χ0n) is 8.11. The number of Topliss-reactive ketones (excluding diaryl/α,β-unsaturated/α-hetero) is 1. The number of likely N-dealkylation sites (N-methyl/N-ethyl adjacent to an activating group) is 1. The molecule has 2 unspecified atom stereocenters. The van der Waals surface area contributed by atoms with Crippen molar-refractivity contribution in [2.75, 3.05) is 13.7 Å². The Hall–Kier alpha value is -1.05. The normalized spacial score (nSPS) is 36.4. The van der Waals surface area contributed by atoms with Crippen molar-refractivity contribution in [1.29, 1.82) is 0 Å². The van der Waals surface area contributed by atoms with Crippen LogP contribution in [0.1, 0.15) is 0 Å². The fourth-order valence-electron chi connectivity index (χ4n) is 1.44. The summed E-state index contributed by atoms with van der Waals surface area (Å²) >= 11 is 0. The van der Waals surface area contributed by atoms with Crippen molar-refractivity contribution >= 4 is 11.7 Å². The van der Waals surface area contributed by atoms with Crippen LogP contribution in [0.25, 0.3) is 0 Å². The lowest BCUT2D eigenvalue weighted by atomic mass is 9.92. The molecule has 1 saturated heterocycles. The monoisotopic (exact) mass is 220 g/mol. The van der Waals surface area contributed by atoms with Crippen molar-refractivity contribution in [3.8, 4) is 0 Å². The minimum atomic E-state index is -1.90. The molecular formula is C8H13FN2O4. The largest absolute Gasteiger partial charge is 0.395 e. The first kappa shape index (κ1) is 12.0. The Morgan fingerprint density at radius 3 is 2.73 bits per heavy atom. The van der Waals surface area contributed by atoms with E-state index in [1.807, 2.05) is 0 Å². The summed E-state index contributed by atoms with van der Waals surface area (Å²) in [5, 5.41) is 22.5. The molecule has 0 aromatic carbocycles. The predicted octanol–water partition coefficient (Wildman–Crippen LogP) is -2.67. The molecular weight excluding hydrogens is 207 g/mol. The molecule has 4 N–H and O–H groups in total. The van der Waals surface area contributed by atoms with Crippen molar-refractivity contribution in [2.45, 2.75) is 24.4 Å². The maximum atomic E-state index is 13.2. The van der Waals surface area contributed by atoms with E-state index in [0.29, 0.717) is 0 Å². The second-order valence-corrected chi connectivity index (χ2v) is 3.29. The van der Waals surface area contributed by atoms with Gasteiger partial charge in [0.15, 0.2) is 12.0 Å². The average Bonchev–Trinajstić information content (AvgIpc) is 2.25. The van der Waals surface area contributed by atoms with Crippen LogP contribution in [0.3, 0.4) is 0 Å². The standard InChI is InChI=1S/C8H13FN2O4/c1-10-8(15)5-7(14)6(13)4(9)3(2-12)11-5/h3-6,11-13H,2H2,1H3,(H,10,15)/t3?,4?,5-,6-/m0/s1. The van der Waals surface area contributed by atoms with Crippen LogP contribution in [-0.2, 0) is 9.59 Å². The molecule has 1 aliphatic heterocycles. The van der Waals surface area contributed by atoms with Gasteiger partial charge in [-0.15, -0.1) is 0 Å². The minimum Gasteiger partial charge on any atom is -0.395 e. The third-order valence-electron chi connectivity index (χ3n) is 2.35. The molecule has 0 aromatic rings.